The van der Waals surface area contributed by atoms with Crippen molar-refractivity contribution in [1.29, 1.82) is 0 Å². The second-order valence-corrected chi connectivity index (χ2v) is 3.82. The van der Waals surface area contributed by atoms with Crippen LogP contribution >= 0.6 is 0 Å². The van der Waals surface area contributed by atoms with Crippen LogP contribution in [0.3, 0.4) is 0 Å². The predicted octanol–water partition coefficient (Wildman–Crippen LogP) is 1.68. The van der Waals surface area contributed by atoms with Crippen LogP contribution < -0.4 is 5.73 Å². The molecule has 0 radical (unpaired) electrons. The van der Waals surface area contributed by atoms with Gasteiger partial charge in [-0.1, -0.05) is 24.3 Å². The summed E-state index contributed by atoms with van der Waals surface area (Å²) in [7, 11) is 0. The first-order valence-corrected chi connectivity index (χ1v) is 5.29. The zero-order valence-corrected chi connectivity index (χ0v) is 9.33. The number of benzene rings is 1. The summed E-state index contributed by atoms with van der Waals surface area (Å²) in [6.45, 7) is 2.04. The Labute approximate surface area is 97.9 Å². The molecule has 0 atom stereocenters. The summed E-state index contributed by atoms with van der Waals surface area (Å²) in [5.41, 5.74) is 8.48. The van der Waals surface area contributed by atoms with E-state index in [0.717, 1.165) is 17.0 Å². The molecular weight excluding hydrogens is 214 g/mol. The van der Waals surface area contributed by atoms with Gasteiger partial charge in [-0.3, -0.25) is 0 Å². The van der Waals surface area contributed by atoms with Gasteiger partial charge in [0.2, 0.25) is 5.95 Å². The predicted molar refractivity (Wildman–Crippen MR) is 65.4 cm³/mol. The molecule has 84 valence electrons. The summed E-state index contributed by atoms with van der Waals surface area (Å²) in [5.74, 6) is 1.01. The zero-order valence-electron chi connectivity index (χ0n) is 9.33. The number of rotatable bonds is 1. The minimum absolute atomic E-state index is 0.257. The molecule has 0 fully saturated rings. The first-order chi connectivity index (χ1) is 8.25. The van der Waals surface area contributed by atoms with Crippen LogP contribution in [0.5, 0.6) is 0 Å². The van der Waals surface area contributed by atoms with E-state index in [-0.39, 0.29) is 5.95 Å². The Kier molecular flexibility index (Phi) is 2.04. The van der Waals surface area contributed by atoms with Gasteiger partial charge in [0.1, 0.15) is 0 Å². The summed E-state index contributed by atoms with van der Waals surface area (Å²) in [6.07, 6.45) is 1.71. The third kappa shape index (κ3) is 1.52. The van der Waals surface area contributed by atoms with Gasteiger partial charge in [0.15, 0.2) is 11.5 Å². The van der Waals surface area contributed by atoms with E-state index >= 15 is 0 Å². The van der Waals surface area contributed by atoms with Crippen molar-refractivity contribution >= 4 is 11.6 Å². The first-order valence-electron chi connectivity index (χ1n) is 5.29. The summed E-state index contributed by atoms with van der Waals surface area (Å²) < 4.78 is 1.66. The highest BCUT2D eigenvalue weighted by molar-refractivity contribution is 5.62. The molecule has 0 spiro atoms. The number of hydrogen-bond acceptors (Lipinski definition) is 4. The molecule has 0 bridgehead atoms. The van der Waals surface area contributed by atoms with Gasteiger partial charge in [-0.25, -0.2) is 4.98 Å². The number of aromatic nitrogens is 4. The normalized spacial score (nSPS) is 10.9. The first kappa shape index (κ1) is 9.77. The second-order valence-electron chi connectivity index (χ2n) is 3.82. The van der Waals surface area contributed by atoms with E-state index in [0.29, 0.717) is 5.65 Å². The molecule has 2 aromatic heterocycles. The van der Waals surface area contributed by atoms with Crippen LogP contribution in [0.15, 0.2) is 36.5 Å². The van der Waals surface area contributed by atoms with E-state index in [1.54, 1.807) is 16.8 Å². The van der Waals surface area contributed by atoms with E-state index in [9.17, 15) is 0 Å². The van der Waals surface area contributed by atoms with E-state index in [1.807, 2.05) is 31.2 Å². The molecule has 1 aromatic carbocycles. The quantitative estimate of drug-likeness (QED) is 0.684. The maximum absolute atomic E-state index is 5.60. The van der Waals surface area contributed by atoms with E-state index < -0.39 is 0 Å². The molecule has 0 aliphatic rings. The number of hydrogen-bond donors (Lipinski definition) is 1. The molecule has 5 nitrogen and oxygen atoms in total. The average molecular weight is 225 g/mol. The van der Waals surface area contributed by atoms with Crippen LogP contribution in [0.2, 0.25) is 0 Å². The Balaban J connectivity index is 2.34. The lowest BCUT2D eigenvalue weighted by Gasteiger charge is -2.05. The molecule has 0 aliphatic carbocycles. The lowest BCUT2D eigenvalue weighted by atomic mass is 10.1. The number of aryl methyl sites for hydroxylation is 1. The highest BCUT2D eigenvalue weighted by atomic mass is 15.3. The lowest BCUT2D eigenvalue weighted by molar-refractivity contribution is 0.937. The Morgan fingerprint density at radius 3 is 2.82 bits per heavy atom. The van der Waals surface area contributed by atoms with Gasteiger partial charge in [0.25, 0.3) is 0 Å². The molecule has 0 saturated heterocycles. The fraction of sp³-hybridized carbons (Fsp3) is 0.0833. The molecule has 3 aromatic rings. The van der Waals surface area contributed by atoms with Crippen LogP contribution in [0, 0.1) is 6.92 Å². The largest absolute Gasteiger partial charge is 0.366 e. The number of nitrogen functional groups attached to an aromatic ring is 1. The van der Waals surface area contributed by atoms with Gasteiger partial charge < -0.3 is 5.73 Å². The number of nitrogens with two attached hydrogens (primary N) is 1. The second kappa shape index (κ2) is 3.55. The summed E-state index contributed by atoms with van der Waals surface area (Å²) in [6, 6.07) is 9.80. The summed E-state index contributed by atoms with van der Waals surface area (Å²) in [5, 5.41) is 4.15. The molecule has 2 heterocycles. The van der Waals surface area contributed by atoms with Crippen LogP contribution in [-0.4, -0.2) is 19.6 Å². The van der Waals surface area contributed by atoms with Crippen molar-refractivity contribution in [2.45, 2.75) is 6.92 Å². The molecule has 0 saturated carbocycles. The maximum Gasteiger partial charge on any atom is 0.240 e. The minimum Gasteiger partial charge on any atom is -0.366 e. The van der Waals surface area contributed by atoms with Gasteiger partial charge in [-0.2, -0.15) is 9.50 Å². The standard InChI is InChI=1S/C12H11N5/c1-8-4-2-3-5-9(8)11-14-7-6-10-15-12(13)16-17(10)11/h2-7H,1H3,(H2,13,16). The van der Waals surface area contributed by atoms with Crippen molar-refractivity contribution < 1.29 is 0 Å². The monoisotopic (exact) mass is 225 g/mol. The van der Waals surface area contributed by atoms with Gasteiger partial charge in [0.05, 0.1) is 0 Å². The molecule has 0 unspecified atom stereocenters. The Hall–Kier alpha value is -2.43. The average Bonchev–Trinajstić information content (AvgIpc) is 2.70. The van der Waals surface area contributed by atoms with Crippen molar-refractivity contribution in [2.75, 3.05) is 5.73 Å². The third-order valence-corrected chi connectivity index (χ3v) is 2.66. The minimum atomic E-state index is 0.257. The molecule has 2 N–H and O–H groups in total. The van der Waals surface area contributed by atoms with Crippen molar-refractivity contribution in [2.24, 2.45) is 0 Å². The summed E-state index contributed by atoms with van der Waals surface area (Å²) in [4.78, 5) is 8.47. The number of nitrogens with zero attached hydrogens (tertiary/aromatic N) is 4. The Bertz CT molecular complexity index is 686. The molecule has 0 amide bonds. The van der Waals surface area contributed by atoms with Crippen LogP contribution in [0.4, 0.5) is 5.95 Å². The smallest absolute Gasteiger partial charge is 0.240 e. The number of fused-ring (bicyclic) bond motifs is 1. The molecule has 3 rings (SSSR count). The molecule has 17 heavy (non-hydrogen) atoms. The van der Waals surface area contributed by atoms with Gasteiger partial charge in [-0.05, 0) is 12.5 Å². The van der Waals surface area contributed by atoms with Gasteiger partial charge in [-0.15, -0.1) is 5.10 Å². The van der Waals surface area contributed by atoms with Crippen molar-refractivity contribution in [3.8, 4) is 11.4 Å². The third-order valence-electron chi connectivity index (χ3n) is 2.66. The lowest BCUT2D eigenvalue weighted by Crippen LogP contribution is -1.98. The van der Waals surface area contributed by atoms with Gasteiger partial charge in [0, 0.05) is 17.8 Å². The van der Waals surface area contributed by atoms with Crippen molar-refractivity contribution in [3.63, 3.8) is 0 Å². The molecule has 5 heteroatoms. The Morgan fingerprint density at radius 1 is 1.18 bits per heavy atom. The Morgan fingerprint density at radius 2 is 2.00 bits per heavy atom. The topological polar surface area (TPSA) is 69.1 Å². The zero-order chi connectivity index (χ0) is 11.8. The number of anilines is 1. The van der Waals surface area contributed by atoms with E-state index in [1.165, 1.54) is 0 Å². The van der Waals surface area contributed by atoms with Crippen LogP contribution in [-0.2, 0) is 0 Å². The van der Waals surface area contributed by atoms with Crippen molar-refractivity contribution in [1.82, 2.24) is 19.6 Å². The van der Waals surface area contributed by atoms with Crippen LogP contribution in [0.1, 0.15) is 5.56 Å². The van der Waals surface area contributed by atoms with E-state index in [4.69, 9.17) is 5.73 Å². The van der Waals surface area contributed by atoms with Crippen LogP contribution in [0.25, 0.3) is 17.0 Å². The fourth-order valence-electron chi connectivity index (χ4n) is 1.84. The molecule has 0 aliphatic heterocycles. The van der Waals surface area contributed by atoms with E-state index in [2.05, 4.69) is 15.1 Å². The highest BCUT2D eigenvalue weighted by Crippen LogP contribution is 2.21. The maximum atomic E-state index is 5.60. The SMILES string of the molecule is Cc1ccccc1-c1nccc2nc(N)nn12. The highest BCUT2D eigenvalue weighted by Gasteiger charge is 2.09. The summed E-state index contributed by atoms with van der Waals surface area (Å²) >= 11 is 0. The molecular formula is C12H11N5. The van der Waals surface area contributed by atoms with Gasteiger partial charge >= 0.3 is 0 Å². The van der Waals surface area contributed by atoms with Crippen molar-refractivity contribution in [3.05, 3.63) is 42.1 Å². The fourth-order valence-corrected chi connectivity index (χ4v) is 1.84.